The van der Waals surface area contributed by atoms with Crippen LogP contribution in [-0.4, -0.2) is 75.1 Å². The monoisotopic (exact) mass is 711 g/mol. The Hall–Kier alpha value is -3.63. The third kappa shape index (κ3) is 9.08. The largest absolute Gasteiger partial charge is 0.368 e. The first-order valence-electron chi connectivity index (χ1n) is 16.3. The number of carbonyl (C=O) groups excluding carboxylic acids is 2. The van der Waals surface area contributed by atoms with Crippen LogP contribution in [0.15, 0.2) is 85.5 Å². The predicted octanol–water partition coefficient (Wildman–Crippen LogP) is 5.95. The quantitative estimate of drug-likeness (QED) is 0.196. The number of para-hydroxylation sites is 1. The topological polar surface area (TPSA) is 86.6 Å². The number of hydrogen-bond acceptors (Lipinski definition) is 6. The van der Waals surface area contributed by atoms with E-state index in [-0.39, 0.29) is 42.7 Å². The van der Waals surface area contributed by atoms with E-state index < -0.39 is 6.04 Å². The Morgan fingerprint density at radius 3 is 2.42 bits per heavy atom. The Morgan fingerprint density at radius 1 is 0.958 bits per heavy atom. The van der Waals surface area contributed by atoms with Crippen LogP contribution in [0, 0.1) is 0 Å². The molecule has 48 heavy (non-hydrogen) atoms. The van der Waals surface area contributed by atoms with E-state index in [4.69, 9.17) is 11.6 Å². The van der Waals surface area contributed by atoms with Crippen molar-refractivity contribution in [2.45, 2.75) is 57.8 Å². The Kier molecular flexibility index (Phi) is 13.7. The first-order valence-corrected chi connectivity index (χ1v) is 16.7. The van der Waals surface area contributed by atoms with Gasteiger partial charge in [-0.3, -0.25) is 14.5 Å². The highest BCUT2D eigenvalue weighted by Gasteiger charge is 2.34. The van der Waals surface area contributed by atoms with Crippen LogP contribution in [0.1, 0.15) is 54.5 Å². The minimum absolute atomic E-state index is 0. The van der Waals surface area contributed by atoms with Gasteiger partial charge in [0.1, 0.15) is 18.7 Å². The van der Waals surface area contributed by atoms with Crippen LogP contribution in [0.4, 0.5) is 5.69 Å². The van der Waals surface area contributed by atoms with E-state index in [0.717, 1.165) is 42.7 Å². The molecule has 3 heterocycles. The molecule has 0 spiro atoms. The van der Waals surface area contributed by atoms with Gasteiger partial charge in [0.25, 0.3) is 0 Å². The molecule has 2 atom stereocenters. The number of unbranched alkanes of at least 4 members (excludes halogenated alkanes) is 1. The molecule has 256 valence electrons. The van der Waals surface area contributed by atoms with Gasteiger partial charge in [-0.25, -0.2) is 9.67 Å². The third-order valence-corrected chi connectivity index (χ3v) is 9.37. The van der Waals surface area contributed by atoms with Gasteiger partial charge in [0, 0.05) is 62.3 Å². The molecule has 0 aliphatic carbocycles. The number of nitrogens with zero attached hydrogens (tertiary/aromatic N) is 6. The smallest absolute Gasteiger partial charge is 0.245 e. The Balaban J connectivity index is 0.00000260. The number of carbonyl (C=O) groups is 2. The van der Waals surface area contributed by atoms with E-state index in [0.29, 0.717) is 50.6 Å². The standard InChI is InChI=1S/C36H42ClN7O2.2ClH/c1-2-3-16-43-23-28-8-4-6-10-31(28)34(43)22-35(45)40-32(21-27-12-14-30(37)15-13-27)36(46)42-19-17-41(18-20-42)33-11-7-5-9-29(33)24-44-26-38-25-39-44;;/h4-15,25-26,32,34H,2-3,16-24H2,1H3,(H,40,45);2*1H. The van der Waals surface area contributed by atoms with Crippen molar-refractivity contribution in [1.29, 1.82) is 0 Å². The molecule has 2 unspecified atom stereocenters. The summed E-state index contributed by atoms with van der Waals surface area (Å²) in [6.45, 7) is 7.17. The van der Waals surface area contributed by atoms with Crippen molar-refractivity contribution in [3.05, 3.63) is 113 Å². The zero-order valence-electron chi connectivity index (χ0n) is 27.2. The van der Waals surface area contributed by atoms with E-state index in [1.807, 2.05) is 52.0 Å². The fraction of sp³-hybridized carbons (Fsp3) is 0.389. The van der Waals surface area contributed by atoms with Gasteiger partial charge in [0.2, 0.25) is 11.8 Å². The zero-order valence-corrected chi connectivity index (χ0v) is 29.6. The molecule has 0 saturated carbocycles. The fourth-order valence-electron chi connectivity index (χ4n) is 6.68. The summed E-state index contributed by atoms with van der Waals surface area (Å²) >= 11 is 6.16. The summed E-state index contributed by atoms with van der Waals surface area (Å²) in [5.74, 6) is -0.148. The fourth-order valence-corrected chi connectivity index (χ4v) is 6.81. The maximum Gasteiger partial charge on any atom is 0.245 e. The van der Waals surface area contributed by atoms with Gasteiger partial charge in [-0.05, 0) is 53.4 Å². The molecular formula is C36H44Cl3N7O2. The molecular weight excluding hydrogens is 669 g/mol. The van der Waals surface area contributed by atoms with Crippen LogP contribution in [0.2, 0.25) is 5.02 Å². The molecule has 4 aromatic rings. The second-order valence-electron chi connectivity index (χ2n) is 12.2. The summed E-state index contributed by atoms with van der Waals surface area (Å²) in [5, 5.41) is 8.08. The van der Waals surface area contributed by atoms with Crippen molar-refractivity contribution in [2.24, 2.45) is 0 Å². The summed E-state index contributed by atoms with van der Waals surface area (Å²) < 4.78 is 1.82. The van der Waals surface area contributed by atoms with Gasteiger partial charge in [-0.15, -0.1) is 24.8 Å². The number of nitrogens with one attached hydrogen (secondary N) is 1. The summed E-state index contributed by atoms with van der Waals surface area (Å²) in [6, 6.07) is 23.6. The van der Waals surface area contributed by atoms with Crippen LogP contribution in [0.25, 0.3) is 0 Å². The third-order valence-electron chi connectivity index (χ3n) is 9.11. The van der Waals surface area contributed by atoms with Gasteiger partial charge in [-0.2, -0.15) is 5.10 Å². The van der Waals surface area contributed by atoms with E-state index in [2.05, 4.69) is 62.5 Å². The Labute approximate surface area is 300 Å². The highest BCUT2D eigenvalue weighted by molar-refractivity contribution is 6.30. The van der Waals surface area contributed by atoms with Crippen LogP contribution in [0.5, 0.6) is 0 Å². The first-order chi connectivity index (χ1) is 22.5. The first kappa shape index (κ1) is 37.2. The van der Waals surface area contributed by atoms with Crippen molar-refractivity contribution >= 4 is 53.9 Å². The number of benzene rings is 3. The predicted molar refractivity (Wildman–Crippen MR) is 195 cm³/mol. The molecule has 9 nitrogen and oxygen atoms in total. The molecule has 0 bridgehead atoms. The molecule has 12 heteroatoms. The molecule has 1 N–H and O–H groups in total. The Bertz CT molecular complexity index is 1610. The molecule has 3 aromatic carbocycles. The molecule has 0 radical (unpaired) electrons. The van der Waals surface area contributed by atoms with E-state index >= 15 is 0 Å². The van der Waals surface area contributed by atoms with Gasteiger partial charge < -0.3 is 15.1 Å². The zero-order chi connectivity index (χ0) is 31.9. The van der Waals surface area contributed by atoms with Crippen LogP contribution in [-0.2, 0) is 29.1 Å². The number of piperazine rings is 1. The molecule has 2 aliphatic rings. The number of halogens is 3. The number of rotatable bonds is 12. The van der Waals surface area contributed by atoms with Gasteiger partial charge in [0.05, 0.1) is 6.54 Å². The highest BCUT2D eigenvalue weighted by Crippen LogP contribution is 2.36. The second kappa shape index (κ2) is 17.7. The van der Waals surface area contributed by atoms with E-state index in [1.165, 1.54) is 11.1 Å². The number of anilines is 1. The van der Waals surface area contributed by atoms with Crippen molar-refractivity contribution in [3.63, 3.8) is 0 Å². The number of amides is 2. The lowest BCUT2D eigenvalue weighted by molar-refractivity contribution is -0.137. The van der Waals surface area contributed by atoms with Crippen LogP contribution in [0.3, 0.4) is 0 Å². The number of aromatic nitrogens is 3. The SMILES string of the molecule is CCCCN1Cc2ccccc2C1CC(=O)NC(Cc1ccc(Cl)cc1)C(=O)N1CCN(c2ccccc2Cn2cncn2)CC1.Cl.Cl. The average Bonchev–Trinajstić information content (AvgIpc) is 3.72. The summed E-state index contributed by atoms with van der Waals surface area (Å²) in [5.41, 5.74) is 5.75. The van der Waals surface area contributed by atoms with Crippen molar-refractivity contribution in [3.8, 4) is 0 Å². The van der Waals surface area contributed by atoms with Gasteiger partial charge >= 0.3 is 0 Å². The van der Waals surface area contributed by atoms with Crippen molar-refractivity contribution < 1.29 is 9.59 Å². The second-order valence-corrected chi connectivity index (χ2v) is 12.7. The lowest BCUT2D eigenvalue weighted by Gasteiger charge is -2.38. The van der Waals surface area contributed by atoms with Crippen molar-refractivity contribution in [1.82, 2.24) is 29.9 Å². The maximum absolute atomic E-state index is 14.1. The summed E-state index contributed by atoms with van der Waals surface area (Å²) in [6.07, 6.45) is 6.17. The van der Waals surface area contributed by atoms with Gasteiger partial charge in [-0.1, -0.05) is 79.5 Å². The molecule has 2 aliphatic heterocycles. The Morgan fingerprint density at radius 2 is 1.69 bits per heavy atom. The van der Waals surface area contributed by atoms with E-state index in [9.17, 15) is 9.59 Å². The maximum atomic E-state index is 14.1. The molecule has 1 saturated heterocycles. The molecule has 1 fully saturated rings. The average molecular weight is 713 g/mol. The number of fused-ring (bicyclic) bond motifs is 1. The lowest BCUT2D eigenvalue weighted by atomic mass is 10.0. The van der Waals surface area contributed by atoms with Gasteiger partial charge in [0.15, 0.2) is 0 Å². The minimum Gasteiger partial charge on any atom is -0.368 e. The minimum atomic E-state index is -0.666. The van der Waals surface area contributed by atoms with Crippen molar-refractivity contribution in [2.75, 3.05) is 37.6 Å². The van der Waals surface area contributed by atoms with Crippen LogP contribution < -0.4 is 10.2 Å². The lowest BCUT2D eigenvalue weighted by Crippen LogP contribution is -2.56. The van der Waals surface area contributed by atoms with Crippen LogP contribution >= 0.6 is 36.4 Å². The summed E-state index contributed by atoms with van der Waals surface area (Å²) in [4.78, 5) is 38.5. The number of hydrogen-bond donors (Lipinski definition) is 1. The summed E-state index contributed by atoms with van der Waals surface area (Å²) in [7, 11) is 0. The molecule has 6 rings (SSSR count). The van der Waals surface area contributed by atoms with E-state index in [1.54, 1.807) is 12.7 Å². The normalized spacial score (nSPS) is 16.4. The molecule has 1 aromatic heterocycles. The highest BCUT2D eigenvalue weighted by atomic mass is 35.5. The molecule has 2 amide bonds.